The number of halogens is 1. The van der Waals surface area contributed by atoms with Gasteiger partial charge in [0.15, 0.2) is 6.79 Å². The van der Waals surface area contributed by atoms with E-state index in [2.05, 4.69) is 9.47 Å². The van der Waals surface area contributed by atoms with E-state index < -0.39 is 5.97 Å². The maximum atomic E-state index is 12.4. The molecule has 0 amide bonds. The van der Waals surface area contributed by atoms with Crippen molar-refractivity contribution in [1.29, 1.82) is 0 Å². The summed E-state index contributed by atoms with van der Waals surface area (Å²) in [6.45, 7) is -0.101. The molecule has 0 radical (unpaired) electrons. The number of carbonyl (C=O) groups excluding carboxylic acids is 1. The summed E-state index contributed by atoms with van der Waals surface area (Å²) in [5.41, 5.74) is 0.304. The Morgan fingerprint density at radius 1 is 1.38 bits per heavy atom. The SMILES string of the molecule is COCOC(=O)c1ccc(F)cc1. The van der Waals surface area contributed by atoms with Gasteiger partial charge in [0.2, 0.25) is 0 Å². The Hall–Kier alpha value is -1.42. The minimum atomic E-state index is -0.526. The van der Waals surface area contributed by atoms with Crippen LogP contribution in [0.5, 0.6) is 0 Å². The molecule has 0 heterocycles. The van der Waals surface area contributed by atoms with Gasteiger partial charge in [-0.05, 0) is 24.3 Å². The van der Waals surface area contributed by atoms with Crippen molar-refractivity contribution in [3.8, 4) is 0 Å². The van der Waals surface area contributed by atoms with Gasteiger partial charge in [0.1, 0.15) is 5.82 Å². The number of hydrogen-bond acceptors (Lipinski definition) is 3. The molecule has 1 rings (SSSR count). The number of hydrogen-bond donors (Lipinski definition) is 0. The molecule has 0 aliphatic carbocycles. The molecule has 0 bridgehead atoms. The summed E-state index contributed by atoms with van der Waals surface area (Å²) < 4.78 is 21.6. The lowest BCUT2D eigenvalue weighted by atomic mass is 10.2. The molecule has 0 aromatic heterocycles. The molecule has 4 heteroatoms. The summed E-state index contributed by atoms with van der Waals surface area (Å²) >= 11 is 0. The lowest BCUT2D eigenvalue weighted by Gasteiger charge is -2.02. The van der Waals surface area contributed by atoms with Gasteiger partial charge in [0.05, 0.1) is 5.56 Å². The molecule has 1 aromatic carbocycles. The van der Waals surface area contributed by atoms with Crippen molar-refractivity contribution in [3.63, 3.8) is 0 Å². The molecule has 0 unspecified atom stereocenters. The van der Waals surface area contributed by atoms with Gasteiger partial charge < -0.3 is 9.47 Å². The van der Waals surface area contributed by atoms with Gasteiger partial charge in [-0.3, -0.25) is 0 Å². The number of ether oxygens (including phenoxy) is 2. The third-order valence-electron chi connectivity index (χ3n) is 1.39. The van der Waals surface area contributed by atoms with Crippen LogP contribution in [0.2, 0.25) is 0 Å². The number of benzene rings is 1. The molecule has 0 N–H and O–H groups in total. The van der Waals surface area contributed by atoms with Crippen LogP contribution >= 0.6 is 0 Å². The standard InChI is InChI=1S/C9H9FO3/c1-12-6-13-9(11)7-2-4-8(10)5-3-7/h2-5H,6H2,1H3. The Balaban J connectivity index is 2.61. The molecule has 13 heavy (non-hydrogen) atoms. The quantitative estimate of drug-likeness (QED) is 0.528. The van der Waals surface area contributed by atoms with Gasteiger partial charge in [0, 0.05) is 7.11 Å². The predicted octanol–water partition coefficient (Wildman–Crippen LogP) is 1.59. The minimum Gasteiger partial charge on any atom is -0.435 e. The first-order chi connectivity index (χ1) is 6.24. The van der Waals surface area contributed by atoms with E-state index in [-0.39, 0.29) is 12.6 Å². The van der Waals surface area contributed by atoms with E-state index in [9.17, 15) is 9.18 Å². The monoisotopic (exact) mass is 184 g/mol. The van der Waals surface area contributed by atoms with Crippen molar-refractivity contribution in [2.24, 2.45) is 0 Å². The van der Waals surface area contributed by atoms with E-state index >= 15 is 0 Å². The van der Waals surface area contributed by atoms with E-state index in [1.54, 1.807) is 0 Å². The Bertz CT molecular complexity index is 281. The molecular weight excluding hydrogens is 175 g/mol. The zero-order valence-corrected chi connectivity index (χ0v) is 7.12. The van der Waals surface area contributed by atoms with Crippen molar-refractivity contribution in [2.45, 2.75) is 0 Å². The number of rotatable bonds is 3. The predicted molar refractivity (Wildman–Crippen MR) is 43.7 cm³/mol. The van der Waals surface area contributed by atoms with E-state index in [1.165, 1.54) is 31.4 Å². The minimum absolute atomic E-state index is 0.101. The lowest BCUT2D eigenvalue weighted by molar-refractivity contribution is -0.0125. The second kappa shape index (κ2) is 4.57. The molecule has 0 atom stereocenters. The van der Waals surface area contributed by atoms with E-state index in [1.807, 2.05) is 0 Å². The second-order valence-corrected chi connectivity index (χ2v) is 2.35. The maximum Gasteiger partial charge on any atom is 0.340 e. The average Bonchev–Trinajstić information content (AvgIpc) is 2.15. The highest BCUT2D eigenvalue weighted by atomic mass is 19.1. The van der Waals surface area contributed by atoms with Crippen LogP contribution in [0.1, 0.15) is 10.4 Å². The summed E-state index contributed by atoms with van der Waals surface area (Å²) in [5, 5.41) is 0. The Labute approximate surface area is 75.1 Å². The fourth-order valence-corrected chi connectivity index (χ4v) is 0.782. The topological polar surface area (TPSA) is 35.5 Å². The highest BCUT2D eigenvalue weighted by Gasteiger charge is 2.05. The zero-order chi connectivity index (χ0) is 9.68. The average molecular weight is 184 g/mol. The number of methoxy groups -OCH3 is 1. The molecule has 0 aliphatic heterocycles. The van der Waals surface area contributed by atoms with Crippen molar-refractivity contribution in [2.75, 3.05) is 13.9 Å². The Morgan fingerprint density at radius 2 is 2.00 bits per heavy atom. The first-order valence-corrected chi connectivity index (χ1v) is 3.65. The first kappa shape index (κ1) is 9.67. The number of carbonyl (C=O) groups is 1. The van der Waals surface area contributed by atoms with Gasteiger partial charge in [-0.15, -0.1) is 0 Å². The Morgan fingerprint density at radius 3 is 2.54 bits per heavy atom. The van der Waals surface area contributed by atoms with Crippen molar-refractivity contribution >= 4 is 5.97 Å². The van der Waals surface area contributed by atoms with Gasteiger partial charge >= 0.3 is 5.97 Å². The molecule has 0 saturated heterocycles. The summed E-state index contributed by atoms with van der Waals surface area (Å²) in [4.78, 5) is 11.1. The van der Waals surface area contributed by atoms with Gasteiger partial charge in [-0.25, -0.2) is 9.18 Å². The van der Waals surface area contributed by atoms with Crippen molar-refractivity contribution < 1.29 is 18.7 Å². The third-order valence-corrected chi connectivity index (χ3v) is 1.39. The van der Waals surface area contributed by atoms with Gasteiger partial charge in [-0.2, -0.15) is 0 Å². The molecule has 70 valence electrons. The van der Waals surface area contributed by atoms with Gasteiger partial charge in [0.25, 0.3) is 0 Å². The fraction of sp³-hybridized carbons (Fsp3) is 0.222. The molecule has 0 saturated carbocycles. The number of esters is 1. The van der Waals surface area contributed by atoms with E-state index in [0.29, 0.717) is 5.56 Å². The van der Waals surface area contributed by atoms with E-state index in [4.69, 9.17) is 0 Å². The van der Waals surface area contributed by atoms with E-state index in [0.717, 1.165) is 0 Å². The fourth-order valence-electron chi connectivity index (χ4n) is 0.782. The lowest BCUT2D eigenvalue weighted by Crippen LogP contribution is -2.07. The summed E-state index contributed by atoms with van der Waals surface area (Å²) in [6.07, 6.45) is 0. The van der Waals surface area contributed by atoms with Crippen LogP contribution in [-0.4, -0.2) is 19.9 Å². The molecule has 1 aromatic rings. The highest BCUT2D eigenvalue weighted by molar-refractivity contribution is 5.89. The van der Waals surface area contributed by atoms with Crippen LogP contribution in [-0.2, 0) is 9.47 Å². The largest absolute Gasteiger partial charge is 0.435 e. The first-order valence-electron chi connectivity index (χ1n) is 3.65. The molecular formula is C9H9FO3. The van der Waals surface area contributed by atoms with Crippen LogP contribution in [0.3, 0.4) is 0 Å². The normalized spacial score (nSPS) is 9.69. The molecule has 0 spiro atoms. The smallest absolute Gasteiger partial charge is 0.340 e. The zero-order valence-electron chi connectivity index (χ0n) is 7.12. The molecule has 0 aliphatic rings. The molecule has 3 nitrogen and oxygen atoms in total. The maximum absolute atomic E-state index is 12.4. The summed E-state index contributed by atoms with van der Waals surface area (Å²) in [6, 6.07) is 5.10. The van der Waals surface area contributed by atoms with Crippen LogP contribution in [0.15, 0.2) is 24.3 Å². The van der Waals surface area contributed by atoms with Crippen LogP contribution < -0.4 is 0 Å². The molecule has 0 fully saturated rings. The van der Waals surface area contributed by atoms with Crippen LogP contribution in [0, 0.1) is 5.82 Å². The second-order valence-electron chi connectivity index (χ2n) is 2.35. The highest BCUT2D eigenvalue weighted by Crippen LogP contribution is 2.04. The summed E-state index contributed by atoms with van der Waals surface area (Å²) in [5.74, 6) is -0.912. The van der Waals surface area contributed by atoms with Crippen molar-refractivity contribution in [3.05, 3.63) is 35.6 Å². The van der Waals surface area contributed by atoms with Gasteiger partial charge in [-0.1, -0.05) is 0 Å². The summed E-state index contributed by atoms with van der Waals surface area (Å²) in [7, 11) is 1.41. The Kier molecular flexibility index (Phi) is 3.40. The van der Waals surface area contributed by atoms with Crippen LogP contribution in [0.25, 0.3) is 0 Å². The van der Waals surface area contributed by atoms with Crippen molar-refractivity contribution in [1.82, 2.24) is 0 Å². The van der Waals surface area contributed by atoms with Crippen LogP contribution in [0.4, 0.5) is 4.39 Å². The third kappa shape index (κ3) is 2.83.